The number of carboxylic acids is 1. The van der Waals surface area contributed by atoms with Crippen LogP contribution in [0.4, 0.5) is 0 Å². The molecule has 0 aliphatic carbocycles. The van der Waals surface area contributed by atoms with E-state index in [1.54, 1.807) is 12.1 Å². The van der Waals surface area contributed by atoms with Gasteiger partial charge in [0.05, 0.1) is 11.1 Å². The van der Waals surface area contributed by atoms with Crippen LogP contribution in [-0.4, -0.2) is 17.0 Å². The van der Waals surface area contributed by atoms with Crippen molar-refractivity contribution >= 4 is 11.9 Å². The lowest BCUT2D eigenvalue weighted by molar-refractivity contribution is 0.00598. The van der Waals surface area contributed by atoms with Crippen LogP contribution in [0.2, 0.25) is 0 Å². The molecule has 2 atom stereocenters. The summed E-state index contributed by atoms with van der Waals surface area (Å²) in [7, 11) is 0. The zero-order chi connectivity index (χ0) is 20.9. The average molecular weight is 388 g/mol. The molecular formula is C25H24O4. The largest absolute Gasteiger partial charge is 0.478 e. The van der Waals surface area contributed by atoms with E-state index in [0.717, 1.165) is 17.5 Å². The highest BCUT2D eigenvalue weighted by Gasteiger charge is 2.38. The number of hydrogen-bond donors (Lipinski definition) is 1. The molecule has 0 amide bonds. The van der Waals surface area contributed by atoms with Gasteiger partial charge in [-0.15, -0.1) is 0 Å². The Balaban J connectivity index is 2.02. The molecule has 0 unspecified atom stereocenters. The summed E-state index contributed by atoms with van der Waals surface area (Å²) >= 11 is 0. The number of benzene rings is 3. The van der Waals surface area contributed by atoms with Gasteiger partial charge in [-0.25, -0.2) is 9.59 Å². The number of carboxylic acid groups (broad SMARTS) is 1. The van der Waals surface area contributed by atoms with Crippen molar-refractivity contribution in [2.24, 2.45) is 0 Å². The number of carbonyl (C=O) groups is 2. The molecule has 4 nitrogen and oxygen atoms in total. The first-order valence-electron chi connectivity index (χ1n) is 9.60. The molecule has 0 aromatic heterocycles. The second-order valence-corrected chi connectivity index (χ2v) is 7.22. The molecule has 3 aromatic rings. The van der Waals surface area contributed by atoms with Crippen molar-refractivity contribution in [2.75, 3.05) is 0 Å². The molecule has 0 bridgehead atoms. The lowest BCUT2D eigenvalue weighted by Gasteiger charge is -2.37. The summed E-state index contributed by atoms with van der Waals surface area (Å²) in [5.41, 5.74) is 1.78. The third-order valence-electron chi connectivity index (χ3n) is 5.42. The highest BCUT2D eigenvalue weighted by atomic mass is 16.5. The van der Waals surface area contributed by atoms with Crippen LogP contribution in [0.25, 0.3) is 0 Å². The van der Waals surface area contributed by atoms with Gasteiger partial charge in [-0.3, -0.25) is 0 Å². The van der Waals surface area contributed by atoms with Gasteiger partial charge in [-0.2, -0.15) is 0 Å². The monoisotopic (exact) mass is 388 g/mol. The lowest BCUT2D eigenvalue weighted by atomic mass is 9.73. The summed E-state index contributed by atoms with van der Waals surface area (Å²) in [5.74, 6) is -1.63. The number of aromatic carboxylic acids is 1. The predicted octanol–water partition coefficient (Wildman–Crippen LogP) is 5.65. The van der Waals surface area contributed by atoms with E-state index in [0.29, 0.717) is 0 Å². The second-order valence-electron chi connectivity index (χ2n) is 7.22. The van der Waals surface area contributed by atoms with Crippen molar-refractivity contribution in [3.8, 4) is 0 Å². The van der Waals surface area contributed by atoms with Crippen LogP contribution < -0.4 is 0 Å². The minimum Gasteiger partial charge on any atom is -0.478 e. The van der Waals surface area contributed by atoms with Crippen LogP contribution in [-0.2, 0) is 10.2 Å². The van der Waals surface area contributed by atoms with Gasteiger partial charge in [0.1, 0.15) is 6.10 Å². The molecule has 29 heavy (non-hydrogen) atoms. The van der Waals surface area contributed by atoms with Crippen LogP contribution in [0.15, 0.2) is 84.9 Å². The molecule has 3 aromatic carbocycles. The zero-order valence-corrected chi connectivity index (χ0v) is 16.5. The molecule has 0 saturated heterocycles. The van der Waals surface area contributed by atoms with Crippen molar-refractivity contribution in [1.29, 1.82) is 0 Å². The molecule has 0 fully saturated rings. The lowest BCUT2D eigenvalue weighted by Crippen LogP contribution is -2.33. The predicted molar refractivity (Wildman–Crippen MR) is 112 cm³/mol. The average Bonchev–Trinajstić information content (AvgIpc) is 2.78. The van der Waals surface area contributed by atoms with E-state index in [9.17, 15) is 14.7 Å². The maximum Gasteiger partial charge on any atom is 0.338 e. The SMILES string of the molecule is CC[C@](C)(c1ccccc1)[C@H](OC(=O)c1cccc(C(=O)O)c1)c1ccccc1. The van der Waals surface area contributed by atoms with E-state index in [2.05, 4.69) is 13.8 Å². The van der Waals surface area contributed by atoms with Gasteiger partial charge >= 0.3 is 11.9 Å². The Kier molecular flexibility index (Phi) is 6.13. The van der Waals surface area contributed by atoms with E-state index in [1.807, 2.05) is 60.7 Å². The maximum absolute atomic E-state index is 13.0. The number of carbonyl (C=O) groups excluding carboxylic acids is 1. The number of esters is 1. The molecule has 0 saturated carbocycles. The first-order chi connectivity index (χ1) is 14.0. The van der Waals surface area contributed by atoms with Crippen LogP contribution >= 0.6 is 0 Å². The summed E-state index contributed by atoms with van der Waals surface area (Å²) in [5, 5.41) is 9.21. The maximum atomic E-state index is 13.0. The third-order valence-corrected chi connectivity index (χ3v) is 5.42. The molecule has 0 heterocycles. The van der Waals surface area contributed by atoms with E-state index >= 15 is 0 Å². The minimum absolute atomic E-state index is 0.0528. The first-order valence-corrected chi connectivity index (χ1v) is 9.60. The minimum atomic E-state index is -1.08. The molecule has 1 N–H and O–H groups in total. The quantitative estimate of drug-likeness (QED) is 0.531. The van der Waals surface area contributed by atoms with Gasteiger partial charge in [0.15, 0.2) is 0 Å². The van der Waals surface area contributed by atoms with Crippen molar-refractivity contribution in [3.05, 3.63) is 107 Å². The third kappa shape index (κ3) is 4.37. The van der Waals surface area contributed by atoms with Crippen LogP contribution in [0, 0.1) is 0 Å². The molecule has 0 aliphatic rings. The highest BCUT2D eigenvalue weighted by molar-refractivity contribution is 5.94. The fourth-order valence-corrected chi connectivity index (χ4v) is 3.51. The molecular weight excluding hydrogens is 364 g/mol. The number of rotatable bonds is 7. The van der Waals surface area contributed by atoms with E-state index in [4.69, 9.17) is 4.74 Å². The molecule has 0 spiro atoms. The highest BCUT2D eigenvalue weighted by Crippen LogP contribution is 2.42. The standard InChI is InChI=1S/C25H24O4/c1-3-25(2,21-15-8-5-9-16-21)22(18-11-6-4-7-12-18)29-24(28)20-14-10-13-19(17-20)23(26)27/h4-17,22H,3H2,1-2H3,(H,26,27)/t22-,25-/m1/s1. The summed E-state index contributed by atoms with van der Waals surface area (Å²) < 4.78 is 6.04. The first kappa shape index (κ1) is 20.3. The number of ether oxygens (including phenoxy) is 1. The van der Waals surface area contributed by atoms with Gasteiger partial charge in [0.25, 0.3) is 0 Å². The molecule has 0 radical (unpaired) electrons. The summed E-state index contributed by atoms with van der Waals surface area (Å²) in [6, 6.07) is 25.6. The molecule has 4 heteroatoms. The topological polar surface area (TPSA) is 63.6 Å². The Hall–Kier alpha value is -3.40. The van der Waals surface area contributed by atoms with Gasteiger partial charge < -0.3 is 9.84 Å². The fourth-order valence-electron chi connectivity index (χ4n) is 3.51. The van der Waals surface area contributed by atoms with Crippen molar-refractivity contribution in [1.82, 2.24) is 0 Å². The Morgan fingerprint density at radius 2 is 1.48 bits per heavy atom. The fraction of sp³-hybridized carbons (Fsp3) is 0.200. The van der Waals surface area contributed by atoms with Crippen molar-refractivity contribution < 1.29 is 19.4 Å². The smallest absolute Gasteiger partial charge is 0.338 e. The molecule has 3 rings (SSSR count). The van der Waals surface area contributed by atoms with Gasteiger partial charge in [-0.05, 0) is 35.7 Å². The summed E-state index contributed by atoms with van der Waals surface area (Å²) in [4.78, 5) is 24.2. The Bertz CT molecular complexity index is 982. The number of hydrogen-bond acceptors (Lipinski definition) is 3. The molecule has 0 aliphatic heterocycles. The van der Waals surface area contributed by atoms with Crippen LogP contribution in [0.1, 0.15) is 58.2 Å². The van der Waals surface area contributed by atoms with Crippen LogP contribution in [0.5, 0.6) is 0 Å². The normalized spacial score (nSPS) is 13.9. The second kappa shape index (κ2) is 8.74. The van der Waals surface area contributed by atoms with Gasteiger partial charge in [0, 0.05) is 5.41 Å². The molecule has 148 valence electrons. The van der Waals surface area contributed by atoms with E-state index in [1.165, 1.54) is 12.1 Å². The summed E-state index contributed by atoms with van der Waals surface area (Å²) in [6.07, 6.45) is 0.219. The summed E-state index contributed by atoms with van der Waals surface area (Å²) in [6.45, 7) is 4.16. The van der Waals surface area contributed by atoms with Gasteiger partial charge in [-0.1, -0.05) is 80.6 Å². The van der Waals surface area contributed by atoms with Crippen molar-refractivity contribution in [2.45, 2.75) is 31.8 Å². The van der Waals surface area contributed by atoms with Crippen LogP contribution in [0.3, 0.4) is 0 Å². The van der Waals surface area contributed by atoms with E-state index in [-0.39, 0.29) is 11.1 Å². The Labute approximate surface area is 170 Å². The Morgan fingerprint density at radius 3 is 2.07 bits per heavy atom. The zero-order valence-electron chi connectivity index (χ0n) is 16.5. The van der Waals surface area contributed by atoms with E-state index < -0.39 is 23.5 Å². The Morgan fingerprint density at radius 1 is 0.897 bits per heavy atom. The van der Waals surface area contributed by atoms with Crippen molar-refractivity contribution in [3.63, 3.8) is 0 Å². The van der Waals surface area contributed by atoms with Gasteiger partial charge in [0.2, 0.25) is 0 Å².